The summed E-state index contributed by atoms with van der Waals surface area (Å²) < 4.78 is 23.6. The van der Waals surface area contributed by atoms with E-state index in [4.69, 9.17) is 5.73 Å². The largest absolute Gasteiger partial charge is 0.399 e. The van der Waals surface area contributed by atoms with Crippen LogP contribution < -0.4 is 5.73 Å². The van der Waals surface area contributed by atoms with Crippen LogP contribution in [-0.2, 0) is 9.84 Å². The van der Waals surface area contributed by atoms with Crippen LogP contribution in [0.2, 0.25) is 0 Å². The molecule has 0 aliphatic rings. The first-order chi connectivity index (χ1) is 7.54. The summed E-state index contributed by atoms with van der Waals surface area (Å²) in [6.07, 6.45) is 1.25. The number of nitrogens with zero attached hydrogens (tertiary/aromatic N) is 2. The van der Waals surface area contributed by atoms with Crippen molar-refractivity contribution in [1.82, 2.24) is 9.97 Å². The first-order valence-electron chi connectivity index (χ1n) is 4.77. The second-order valence-corrected chi connectivity index (χ2v) is 5.55. The zero-order valence-electron chi connectivity index (χ0n) is 8.71. The Morgan fingerprint density at radius 1 is 1.31 bits per heavy atom. The normalized spacial score (nSPS) is 11.8. The average Bonchev–Trinajstić information content (AvgIpc) is 2.28. The summed E-state index contributed by atoms with van der Waals surface area (Å²) >= 11 is 0. The second kappa shape index (κ2) is 3.71. The molecule has 1 aromatic carbocycles. The molecule has 1 aromatic heterocycles. The topological polar surface area (TPSA) is 85.9 Å². The number of anilines is 1. The van der Waals surface area contributed by atoms with E-state index < -0.39 is 9.84 Å². The van der Waals surface area contributed by atoms with Gasteiger partial charge in [-0.2, -0.15) is 0 Å². The first-order valence-corrected chi connectivity index (χ1v) is 6.43. The molecule has 6 heteroatoms. The Morgan fingerprint density at radius 3 is 2.75 bits per heavy atom. The van der Waals surface area contributed by atoms with Gasteiger partial charge in [-0.25, -0.2) is 18.4 Å². The molecule has 0 atom stereocenters. The van der Waals surface area contributed by atoms with Gasteiger partial charge < -0.3 is 5.73 Å². The van der Waals surface area contributed by atoms with E-state index in [1.165, 1.54) is 6.33 Å². The summed E-state index contributed by atoms with van der Waals surface area (Å²) in [5.41, 5.74) is 6.70. The number of aromatic nitrogens is 2. The van der Waals surface area contributed by atoms with Crippen molar-refractivity contribution in [2.24, 2.45) is 0 Å². The van der Waals surface area contributed by atoms with Crippen LogP contribution >= 0.6 is 0 Å². The van der Waals surface area contributed by atoms with Crippen molar-refractivity contribution in [3.63, 3.8) is 0 Å². The number of nitrogen functional groups attached to an aromatic ring is 1. The number of hydrogen-bond donors (Lipinski definition) is 1. The number of benzene rings is 1. The molecule has 0 saturated carbocycles. The molecule has 16 heavy (non-hydrogen) atoms. The molecule has 0 aliphatic heterocycles. The Balaban J connectivity index is 2.85. The fourth-order valence-electron chi connectivity index (χ4n) is 1.44. The van der Waals surface area contributed by atoms with Crippen LogP contribution in [0.4, 0.5) is 5.69 Å². The third-order valence-corrected chi connectivity index (χ3v) is 3.97. The van der Waals surface area contributed by atoms with Crippen LogP contribution in [0.5, 0.6) is 0 Å². The predicted octanol–water partition coefficient (Wildman–Crippen LogP) is 1.01. The maximum Gasteiger partial charge on any atom is 0.196 e. The van der Waals surface area contributed by atoms with Gasteiger partial charge in [0.1, 0.15) is 6.33 Å². The van der Waals surface area contributed by atoms with Gasteiger partial charge in [0.05, 0.1) is 11.3 Å². The molecular weight excluding hydrogens is 226 g/mol. The van der Waals surface area contributed by atoms with Gasteiger partial charge in [0.15, 0.2) is 14.9 Å². The summed E-state index contributed by atoms with van der Waals surface area (Å²) in [6.45, 7) is 1.58. The Morgan fingerprint density at radius 2 is 2.06 bits per heavy atom. The van der Waals surface area contributed by atoms with Crippen LogP contribution in [0, 0.1) is 0 Å². The fourth-order valence-corrected chi connectivity index (χ4v) is 2.41. The van der Waals surface area contributed by atoms with Gasteiger partial charge in [0, 0.05) is 11.1 Å². The minimum Gasteiger partial charge on any atom is -0.399 e. The lowest BCUT2D eigenvalue weighted by atomic mass is 10.2. The molecule has 0 aliphatic carbocycles. The highest BCUT2D eigenvalue weighted by molar-refractivity contribution is 7.91. The highest BCUT2D eigenvalue weighted by atomic mass is 32.2. The lowest BCUT2D eigenvalue weighted by Crippen LogP contribution is -2.07. The molecule has 2 rings (SSSR count). The molecule has 0 amide bonds. The van der Waals surface area contributed by atoms with Crippen molar-refractivity contribution in [2.45, 2.75) is 11.9 Å². The number of fused-ring (bicyclic) bond motifs is 1. The van der Waals surface area contributed by atoms with Gasteiger partial charge in [-0.3, -0.25) is 0 Å². The summed E-state index contributed by atoms with van der Waals surface area (Å²) in [5.74, 6) is 0.00785. The van der Waals surface area contributed by atoms with Crippen LogP contribution in [0.3, 0.4) is 0 Å². The van der Waals surface area contributed by atoms with Crippen molar-refractivity contribution < 1.29 is 8.42 Å². The van der Waals surface area contributed by atoms with Gasteiger partial charge in [0.2, 0.25) is 0 Å². The lowest BCUT2D eigenvalue weighted by Gasteiger charge is -2.04. The monoisotopic (exact) mass is 237 g/mol. The van der Waals surface area contributed by atoms with E-state index >= 15 is 0 Å². The Labute approximate surface area is 93.2 Å². The minimum absolute atomic E-state index is 0.00785. The van der Waals surface area contributed by atoms with E-state index in [2.05, 4.69) is 9.97 Å². The highest BCUT2D eigenvalue weighted by Gasteiger charge is 2.17. The quantitative estimate of drug-likeness (QED) is 0.622. The molecule has 0 bridgehead atoms. The predicted molar refractivity (Wildman–Crippen MR) is 61.7 cm³/mol. The molecule has 5 nitrogen and oxygen atoms in total. The summed E-state index contributed by atoms with van der Waals surface area (Å²) in [6, 6.07) is 4.94. The van der Waals surface area contributed by atoms with Crippen LogP contribution in [-0.4, -0.2) is 24.1 Å². The van der Waals surface area contributed by atoms with E-state index in [0.717, 1.165) is 0 Å². The van der Waals surface area contributed by atoms with E-state index in [1.807, 2.05) is 0 Å². The van der Waals surface area contributed by atoms with E-state index in [-0.39, 0.29) is 10.8 Å². The third-order valence-electron chi connectivity index (χ3n) is 2.30. The molecular formula is C10H11N3O2S. The number of rotatable bonds is 2. The van der Waals surface area contributed by atoms with E-state index in [1.54, 1.807) is 25.1 Å². The van der Waals surface area contributed by atoms with Crippen LogP contribution in [0.15, 0.2) is 29.6 Å². The van der Waals surface area contributed by atoms with Gasteiger partial charge in [0.25, 0.3) is 0 Å². The molecule has 2 N–H and O–H groups in total. The molecule has 2 aromatic rings. The maximum atomic E-state index is 11.8. The fraction of sp³-hybridized carbons (Fsp3) is 0.200. The van der Waals surface area contributed by atoms with Gasteiger partial charge in [-0.1, -0.05) is 6.92 Å². The van der Waals surface area contributed by atoms with Crippen LogP contribution in [0.25, 0.3) is 10.9 Å². The van der Waals surface area contributed by atoms with Gasteiger partial charge >= 0.3 is 0 Å². The van der Waals surface area contributed by atoms with E-state index in [0.29, 0.717) is 16.6 Å². The summed E-state index contributed by atoms with van der Waals surface area (Å²) in [5, 5.41) is 0.525. The Hall–Kier alpha value is -1.69. The molecule has 84 valence electrons. The Kier molecular flexibility index (Phi) is 2.51. The highest BCUT2D eigenvalue weighted by Crippen LogP contribution is 2.22. The zero-order chi connectivity index (χ0) is 11.8. The zero-order valence-corrected chi connectivity index (χ0v) is 9.53. The van der Waals surface area contributed by atoms with Crippen molar-refractivity contribution in [1.29, 1.82) is 0 Å². The lowest BCUT2D eigenvalue weighted by molar-refractivity contribution is 0.594. The number of nitrogens with two attached hydrogens (primary N) is 1. The number of hydrogen-bond acceptors (Lipinski definition) is 5. The number of sulfone groups is 1. The summed E-state index contributed by atoms with van der Waals surface area (Å²) in [7, 11) is -3.35. The average molecular weight is 237 g/mol. The van der Waals surface area contributed by atoms with Crippen molar-refractivity contribution in [2.75, 3.05) is 11.5 Å². The molecule has 0 radical (unpaired) electrons. The molecule has 0 spiro atoms. The summed E-state index contributed by atoms with van der Waals surface area (Å²) in [4.78, 5) is 7.84. The van der Waals surface area contributed by atoms with Gasteiger partial charge in [-0.05, 0) is 18.2 Å². The van der Waals surface area contributed by atoms with Crippen molar-refractivity contribution in [3.8, 4) is 0 Å². The van der Waals surface area contributed by atoms with Gasteiger partial charge in [-0.15, -0.1) is 0 Å². The van der Waals surface area contributed by atoms with Crippen LogP contribution in [0.1, 0.15) is 6.92 Å². The third kappa shape index (κ3) is 1.71. The molecule has 1 heterocycles. The second-order valence-electron chi connectivity index (χ2n) is 3.36. The standard InChI is InChI=1S/C10H11N3O2S/c1-2-16(14,15)10-8-5-7(11)3-4-9(8)12-6-13-10/h3-6H,2,11H2,1H3. The SMILES string of the molecule is CCS(=O)(=O)c1ncnc2ccc(N)cc12. The maximum absolute atomic E-state index is 11.8. The van der Waals surface area contributed by atoms with E-state index in [9.17, 15) is 8.42 Å². The van der Waals surface area contributed by atoms with Crippen molar-refractivity contribution >= 4 is 26.4 Å². The smallest absolute Gasteiger partial charge is 0.196 e. The molecule has 0 unspecified atom stereocenters. The first kappa shape index (κ1) is 10.8. The van der Waals surface area contributed by atoms with Crippen molar-refractivity contribution in [3.05, 3.63) is 24.5 Å². The molecule has 0 fully saturated rings. The molecule has 0 saturated heterocycles. The Bertz CT molecular complexity index is 638. The minimum atomic E-state index is -3.35.